The van der Waals surface area contributed by atoms with Gasteiger partial charge in [-0.1, -0.05) is 48.5 Å². The van der Waals surface area contributed by atoms with Crippen LogP contribution in [0.1, 0.15) is 24.0 Å². The Labute approximate surface area is 181 Å². The fraction of sp³-hybridized carbons (Fsp3) is 0.364. The van der Waals surface area contributed by atoms with Crippen LogP contribution in [0.3, 0.4) is 0 Å². The average Bonchev–Trinajstić information content (AvgIpc) is 2.74. The van der Waals surface area contributed by atoms with Crippen molar-refractivity contribution in [2.24, 2.45) is 5.73 Å². The lowest BCUT2D eigenvalue weighted by Crippen LogP contribution is -2.58. The topological polar surface area (TPSA) is 143 Å². The SMILES string of the molecule is N#C[C@H](Cc1ccc(-c2ccc(CS(=O)(=O)O)cc2)cc1)NC(=O)C1(N)CCOCC1. The van der Waals surface area contributed by atoms with E-state index in [0.29, 0.717) is 38.0 Å². The van der Waals surface area contributed by atoms with Gasteiger partial charge in [0.1, 0.15) is 11.8 Å². The molecule has 1 heterocycles. The van der Waals surface area contributed by atoms with Gasteiger partial charge in [-0.2, -0.15) is 13.7 Å². The molecular formula is C22H25N3O5S. The van der Waals surface area contributed by atoms with Gasteiger partial charge in [0.2, 0.25) is 5.91 Å². The summed E-state index contributed by atoms with van der Waals surface area (Å²) in [6.45, 7) is 0.860. The van der Waals surface area contributed by atoms with Gasteiger partial charge in [0.25, 0.3) is 10.1 Å². The molecule has 1 aliphatic heterocycles. The molecule has 8 nitrogen and oxygen atoms in total. The predicted molar refractivity (Wildman–Crippen MR) is 115 cm³/mol. The van der Waals surface area contributed by atoms with E-state index in [4.69, 9.17) is 15.0 Å². The van der Waals surface area contributed by atoms with Crippen LogP contribution in [-0.2, 0) is 31.8 Å². The van der Waals surface area contributed by atoms with Crippen molar-refractivity contribution in [1.82, 2.24) is 5.32 Å². The van der Waals surface area contributed by atoms with Crippen LogP contribution in [-0.4, -0.2) is 43.7 Å². The summed E-state index contributed by atoms with van der Waals surface area (Å²) in [5.41, 5.74) is 8.37. The highest BCUT2D eigenvalue weighted by Crippen LogP contribution is 2.22. The number of benzene rings is 2. The highest BCUT2D eigenvalue weighted by atomic mass is 32.2. The van der Waals surface area contributed by atoms with Crippen molar-refractivity contribution >= 4 is 16.0 Å². The minimum absolute atomic E-state index is 0.330. The first-order valence-corrected chi connectivity index (χ1v) is 11.5. The molecule has 1 amide bonds. The molecule has 164 valence electrons. The second-order valence-electron chi connectivity index (χ2n) is 7.75. The van der Waals surface area contributed by atoms with Crippen molar-refractivity contribution in [3.8, 4) is 17.2 Å². The van der Waals surface area contributed by atoms with Crippen molar-refractivity contribution in [3.05, 3.63) is 59.7 Å². The Morgan fingerprint density at radius 2 is 1.61 bits per heavy atom. The van der Waals surface area contributed by atoms with E-state index in [2.05, 4.69) is 11.4 Å². The molecule has 4 N–H and O–H groups in total. The molecule has 3 rings (SSSR count). The Hall–Kier alpha value is -2.77. The first-order valence-electron chi connectivity index (χ1n) is 9.89. The van der Waals surface area contributed by atoms with Crippen LogP contribution < -0.4 is 11.1 Å². The van der Waals surface area contributed by atoms with Crippen LogP contribution in [0.2, 0.25) is 0 Å². The molecule has 1 aliphatic rings. The minimum Gasteiger partial charge on any atom is -0.381 e. The summed E-state index contributed by atoms with van der Waals surface area (Å²) in [5.74, 6) is -0.756. The summed E-state index contributed by atoms with van der Waals surface area (Å²) >= 11 is 0. The number of nitrogens with one attached hydrogen (secondary N) is 1. The lowest BCUT2D eigenvalue weighted by atomic mass is 9.90. The van der Waals surface area contributed by atoms with Crippen LogP contribution in [0.25, 0.3) is 11.1 Å². The number of amides is 1. The van der Waals surface area contributed by atoms with Crippen LogP contribution in [0.15, 0.2) is 48.5 Å². The second-order valence-corrected chi connectivity index (χ2v) is 9.20. The molecule has 0 unspecified atom stereocenters. The number of nitriles is 1. The van der Waals surface area contributed by atoms with Crippen molar-refractivity contribution in [1.29, 1.82) is 5.26 Å². The van der Waals surface area contributed by atoms with Gasteiger partial charge >= 0.3 is 0 Å². The number of hydrogen-bond donors (Lipinski definition) is 3. The number of nitrogens with two attached hydrogens (primary N) is 1. The molecule has 1 atom stereocenters. The van der Waals surface area contributed by atoms with Crippen molar-refractivity contribution < 1.29 is 22.5 Å². The Morgan fingerprint density at radius 3 is 2.10 bits per heavy atom. The number of hydrogen-bond acceptors (Lipinski definition) is 6. The number of nitrogens with zero attached hydrogens (tertiary/aromatic N) is 1. The molecule has 1 fully saturated rings. The van der Waals surface area contributed by atoms with Crippen molar-refractivity contribution in [3.63, 3.8) is 0 Å². The highest BCUT2D eigenvalue weighted by molar-refractivity contribution is 7.85. The normalized spacial score (nSPS) is 16.8. The lowest BCUT2D eigenvalue weighted by Gasteiger charge is -2.32. The highest BCUT2D eigenvalue weighted by Gasteiger charge is 2.36. The maximum Gasteiger partial charge on any atom is 0.269 e. The maximum atomic E-state index is 12.5. The van der Waals surface area contributed by atoms with Crippen LogP contribution in [0.5, 0.6) is 0 Å². The van der Waals surface area contributed by atoms with E-state index in [1.54, 1.807) is 24.3 Å². The first-order chi connectivity index (χ1) is 14.7. The number of rotatable bonds is 7. The molecule has 0 radical (unpaired) electrons. The summed E-state index contributed by atoms with van der Waals surface area (Å²) in [6, 6.07) is 15.8. The molecule has 1 saturated heterocycles. The fourth-order valence-electron chi connectivity index (χ4n) is 3.47. The zero-order valence-electron chi connectivity index (χ0n) is 17.0. The van der Waals surface area contributed by atoms with Crippen LogP contribution in [0, 0.1) is 11.3 Å². The largest absolute Gasteiger partial charge is 0.381 e. The molecular weight excluding hydrogens is 418 g/mol. The molecule has 0 aliphatic carbocycles. The first kappa shape index (κ1) is 22.9. The van der Waals surface area contributed by atoms with E-state index in [0.717, 1.165) is 16.7 Å². The van der Waals surface area contributed by atoms with Gasteiger partial charge in [-0.05, 0) is 35.1 Å². The number of ether oxygens (including phenoxy) is 1. The van der Waals surface area contributed by atoms with Crippen molar-refractivity contribution in [2.75, 3.05) is 13.2 Å². The predicted octanol–water partition coefficient (Wildman–Crippen LogP) is 1.80. The summed E-state index contributed by atoms with van der Waals surface area (Å²) in [4.78, 5) is 12.5. The van der Waals surface area contributed by atoms with Gasteiger partial charge in [0, 0.05) is 19.6 Å². The third-order valence-electron chi connectivity index (χ3n) is 5.33. The Morgan fingerprint density at radius 1 is 1.10 bits per heavy atom. The second kappa shape index (κ2) is 9.58. The third kappa shape index (κ3) is 6.35. The van der Waals surface area contributed by atoms with E-state index in [9.17, 15) is 18.5 Å². The lowest BCUT2D eigenvalue weighted by molar-refractivity contribution is -0.130. The third-order valence-corrected chi connectivity index (χ3v) is 6.03. The van der Waals surface area contributed by atoms with E-state index in [-0.39, 0.29) is 5.91 Å². The molecule has 0 aromatic heterocycles. The Bertz CT molecular complexity index is 1050. The van der Waals surface area contributed by atoms with Gasteiger partial charge in [-0.3, -0.25) is 9.35 Å². The van der Waals surface area contributed by atoms with Gasteiger partial charge < -0.3 is 15.8 Å². The smallest absolute Gasteiger partial charge is 0.269 e. The van der Waals surface area contributed by atoms with Gasteiger partial charge in [-0.15, -0.1) is 0 Å². The van der Waals surface area contributed by atoms with Gasteiger partial charge in [-0.25, -0.2) is 0 Å². The maximum absolute atomic E-state index is 12.5. The van der Waals surface area contributed by atoms with E-state index in [1.165, 1.54) is 0 Å². The molecule has 0 spiro atoms. The summed E-state index contributed by atoms with van der Waals surface area (Å²) in [7, 11) is -4.06. The summed E-state index contributed by atoms with van der Waals surface area (Å²) in [6.07, 6.45) is 1.20. The number of carbonyl (C=O) groups is 1. The van der Waals surface area contributed by atoms with Gasteiger partial charge in [0.15, 0.2) is 0 Å². The molecule has 0 bridgehead atoms. The molecule has 2 aromatic carbocycles. The monoisotopic (exact) mass is 443 g/mol. The van der Waals surface area contributed by atoms with Crippen molar-refractivity contribution in [2.45, 2.75) is 36.6 Å². The van der Waals surface area contributed by atoms with Crippen LogP contribution >= 0.6 is 0 Å². The Balaban J connectivity index is 1.62. The fourth-order valence-corrected chi connectivity index (χ4v) is 4.08. The van der Waals surface area contributed by atoms with E-state index < -0.39 is 27.5 Å². The van der Waals surface area contributed by atoms with E-state index in [1.807, 2.05) is 24.3 Å². The zero-order valence-corrected chi connectivity index (χ0v) is 17.8. The zero-order chi connectivity index (χ0) is 22.5. The Kier molecular flexibility index (Phi) is 7.08. The molecule has 31 heavy (non-hydrogen) atoms. The van der Waals surface area contributed by atoms with Crippen LogP contribution in [0.4, 0.5) is 0 Å². The average molecular weight is 444 g/mol. The molecule has 9 heteroatoms. The minimum atomic E-state index is -4.06. The summed E-state index contributed by atoms with van der Waals surface area (Å²) in [5, 5.41) is 12.2. The number of carbonyl (C=O) groups excluding carboxylic acids is 1. The molecule has 0 saturated carbocycles. The van der Waals surface area contributed by atoms with Gasteiger partial charge in [0.05, 0.1) is 11.6 Å². The molecule has 2 aromatic rings. The quantitative estimate of drug-likeness (QED) is 0.554. The van der Waals surface area contributed by atoms with E-state index >= 15 is 0 Å². The summed E-state index contributed by atoms with van der Waals surface area (Å²) < 4.78 is 36.1. The standard InChI is InChI=1S/C22H25N3O5S/c23-14-20(25-21(26)22(24)9-11-30-12-10-22)13-16-1-5-18(6-2-16)19-7-3-17(4-8-19)15-31(27,28)29/h1-8,20H,9-13,15,24H2,(H,25,26)(H,27,28,29)/t20-/m0/s1.